The summed E-state index contributed by atoms with van der Waals surface area (Å²) in [6, 6.07) is 3.71. The second-order valence-corrected chi connectivity index (χ2v) is 5.30. The maximum atomic E-state index is 12.7. The van der Waals surface area contributed by atoms with E-state index in [2.05, 4.69) is 0 Å². The van der Waals surface area contributed by atoms with E-state index in [0.29, 0.717) is 25.9 Å². The summed E-state index contributed by atoms with van der Waals surface area (Å²) in [7, 11) is 1.63. The molecule has 9 heteroatoms. The van der Waals surface area contributed by atoms with Crippen LogP contribution in [0.25, 0.3) is 0 Å². The van der Waals surface area contributed by atoms with Crippen LogP contribution in [0.4, 0.5) is 11.4 Å². The summed E-state index contributed by atoms with van der Waals surface area (Å²) in [4.78, 5) is 24.6. The third-order valence-electron chi connectivity index (χ3n) is 4.01. The van der Waals surface area contributed by atoms with Crippen molar-refractivity contribution in [1.29, 1.82) is 0 Å². The van der Waals surface area contributed by atoms with Crippen molar-refractivity contribution in [3.05, 3.63) is 33.9 Å². The topological polar surface area (TPSA) is 125 Å². The van der Waals surface area contributed by atoms with Gasteiger partial charge in [0.25, 0.3) is 11.6 Å². The molecule has 1 saturated heterocycles. The molecule has 0 aliphatic carbocycles. The molecule has 8 nitrogen and oxygen atoms in total. The van der Waals surface area contributed by atoms with Gasteiger partial charge >= 0.3 is 0 Å². The maximum absolute atomic E-state index is 12.7. The smallest absolute Gasteiger partial charge is 0.270 e. The zero-order chi connectivity index (χ0) is 16.3. The Balaban J connectivity index is 0.00000264. The number of likely N-dealkylation sites (tertiary alicyclic amines) is 1. The third kappa shape index (κ3) is 4.10. The average molecular weight is 345 g/mol. The van der Waals surface area contributed by atoms with Gasteiger partial charge in [0.1, 0.15) is 0 Å². The lowest BCUT2D eigenvalue weighted by atomic mass is 9.97. The van der Waals surface area contributed by atoms with Gasteiger partial charge < -0.3 is 21.1 Å². The zero-order valence-electron chi connectivity index (χ0n) is 12.8. The molecule has 2 rings (SSSR count). The summed E-state index contributed by atoms with van der Waals surface area (Å²) in [5, 5.41) is 10.9. The van der Waals surface area contributed by atoms with Gasteiger partial charge in [-0.1, -0.05) is 0 Å². The minimum atomic E-state index is -0.548. The Bertz CT molecular complexity index is 584. The first-order valence-corrected chi connectivity index (χ1v) is 7.05. The molecular weight excluding hydrogens is 324 g/mol. The number of hydrogen-bond acceptors (Lipinski definition) is 6. The molecule has 1 aromatic carbocycles. The van der Waals surface area contributed by atoms with Crippen LogP contribution in [0.1, 0.15) is 23.2 Å². The molecule has 1 aliphatic rings. The Hall–Kier alpha value is -1.90. The summed E-state index contributed by atoms with van der Waals surface area (Å²) < 4.78 is 5.32. The molecule has 0 aromatic heterocycles. The highest BCUT2D eigenvalue weighted by molar-refractivity contribution is 6.00. The minimum Gasteiger partial charge on any atom is -0.398 e. The summed E-state index contributed by atoms with van der Waals surface area (Å²) in [6.45, 7) is 0.793. The number of nitrogens with zero attached hydrogens (tertiary/aromatic N) is 2. The standard InChI is InChI=1S/C14H20N4O4.ClH/c1-22-11-4-5-17(10(6-11)8-15)14(19)12-7-9(18(20)21)2-3-13(12)16;/h2-3,7,10-11H,4-6,8,15-16H2,1H3;1H. The van der Waals surface area contributed by atoms with Gasteiger partial charge in [0, 0.05) is 44.1 Å². The van der Waals surface area contributed by atoms with Crippen molar-refractivity contribution in [2.45, 2.75) is 25.0 Å². The van der Waals surface area contributed by atoms with Crippen molar-refractivity contribution in [1.82, 2.24) is 4.90 Å². The van der Waals surface area contributed by atoms with Crippen LogP contribution in [0.3, 0.4) is 0 Å². The molecular formula is C14H21ClN4O4. The summed E-state index contributed by atoms with van der Waals surface area (Å²) >= 11 is 0. The molecule has 1 fully saturated rings. The van der Waals surface area contributed by atoms with Crippen LogP contribution in [0.5, 0.6) is 0 Å². The first-order chi connectivity index (χ1) is 10.5. The number of nitro benzene ring substituents is 1. The molecule has 1 amide bonds. The fourth-order valence-corrected chi connectivity index (χ4v) is 2.72. The highest BCUT2D eigenvalue weighted by Gasteiger charge is 2.32. The maximum Gasteiger partial charge on any atom is 0.270 e. The van der Waals surface area contributed by atoms with E-state index in [1.54, 1.807) is 12.0 Å². The summed E-state index contributed by atoms with van der Waals surface area (Å²) in [5.41, 5.74) is 11.8. The Kier molecular flexibility index (Phi) is 6.74. The number of methoxy groups -OCH3 is 1. The summed E-state index contributed by atoms with van der Waals surface area (Å²) in [5.74, 6) is -0.328. The lowest BCUT2D eigenvalue weighted by Gasteiger charge is -2.38. The van der Waals surface area contributed by atoms with Gasteiger partial charge in [-0.25, -0.2) is 0 Å². The van der Waals surface area contributed by atoms with Crippen molar-refractivity contribution >= 4 is 29.7 Å². The number of piperidine rings is 1. The number of nitrogen functional groups attached to an aromatic ring is 1. The number of rotatable bonds is 4. The van der Waals surface area contributed by atoms with E-state index in [9.17, 15) is 14.9 Å². The van der Waals surface area contributed by atoms with Gasteiger partial charge in [0.2, 0.25) is 0 Å². The van der Waals surface area contributed by atoms with Gasteiger partial charge in [-0.15, -0.1) is 12.4 Å². The van der Waals surface area contributed by atoms with Crippen LogP contribution in [-0.2, 0) is 4.74 Å². The van der Waals surface area contributed by atoms with Crippen LogP contribution in [0.15, 0.2) is 18.2 Å². The molecule has 0 spiro atoms. The number of carbonyl (C=O) groups excluding carboxylic acids is 1. The van der Waals surface area contributed by atoms with Crippen LogP contribution < -0.4 is 11.5 Å². The number of carbonyl (C=O) groups is 1. The van der Waals surface area contributed by atoms with Crippen molar-refractivity contribution in [3.8, 4) is 0 Å². The lowest BCUT2D eigenvalue weighted by molar-refractivity contribution is -0.384. The Labute approximate surface area is 140 Å². The number of ether oxygens (including phenoxy) is 1. The van der Waals surface area contributed by atoms with Crippen LogP contribution in [0.2, 0.25) is 0 Å². The number of nitrogens with two attached hydrogens (primary N) is 2. The fourth-order valence-electron chi connectivity index (χ4n) is 2.72. The number of halogens is 1. The molecule has 1 aliphatic heterocycles. The molecule has 1 heterocycles. The van der Waals surface area contributed by atoms with Gasteiger partial charge in [-0.2, -0.15) is 0 Å². The van der Waals surface area contributed by atoms with Crippen molar-refractivity contribution < 1.29 is 14.5 Å². The van der Waals surface area contributed by atoms with E-state index >= 15 is 0 Å². The van der Waals surface area contributed by atoms with Crippen LogP contribution in [-0.4, -0.2) is 48.1 Å². The van der Waals surface area contributed by atoms with E-state index in [0.717, 1.165) is 0 Å². The summed E-state index contributed by atoms with van der Waals surface area (Å²) in [6.07, 6.45) is 1.42. The normalized spacial score (nSPS) is 20.7. The molecule has 23 heavy (non-hydrogen) atoms. The molecule has 0 radical (unpaired) electrons. The Morgan fingerprint density at radius 1 is 1.52 bits per heavy atom. The molecule has 2 unspecified atom stereocenters. The number of hydrogen-bond donors (Lipinski definition) is 2. The minimum absolute atomic E-state index is 0. The zero-order valence-corrected chi connectivity index (χ0v) is 13.6. The van der Waals surface area contributed by atoms with E-state index in [1.807, 2.05) is 0 Å². The van der Waals surface area contributed by atoms with E-state index in [1.165, 1.54) is 18.2 Å². The lowest BCUT2D eigenvalue weighted by Crippen LogP contribution is -2.51. The largest absolute Gasteiger partial charge is 0.398 e. The van der Waals surface area contributed by atoms with Gasteiger partial charge in [0.15, 0.2) is 0 Å². The Morgan fingerprint density at radius 2 is 2.22 bits per heavy atom. The van der Waals surface area contributed by atoms with Crippen LogP contribution >= 0.6 is 12.4 Å². The Morgan fingerprint density at radius 3 is 2.78 bits per heavy atom. The predicted molar refractivity (Wildman–Crippen MR) is 88.7 cm³/mol. The quantitative estimate of drug-likeness (QED) is 0.480. The molecule has 2 atom stereocenters. The van der Waals surface area contributed by atoms with E-state index in [4.69, 9.17) is 16.2 Å². The predicted octanol–water partition coefficient (Wildman–Crippen LogP) is 1.18. The molecule has 1 aromatic rings. The highest BCUT2D eigenvalue weighted by atomic mass is 35.5. The molecule has 4 N–H and O–H groups in total. The van der Waals surface area contributed by atoms with Gasteiger partial charge in [-0.3, -0.25) is 14.9 Å². The first kappa shape index (κ1) is 19.1. The number of non-ortho nitro benzene ring substituents is 1. The van der Waals surface area contributed by atoms with Gasteiger partial charge in [0.05, 0.1) is 16.6 Å². The molecule has 0 bridgehead atoms. The number of anilines is 1. The van der Waals surface area contributed by atoms with Crippen molar-refractivity contribution in [2.24, 2.45) is 5.73 Å². The number of amides is 1. The SMILES string of the molecule is COC1CCN(C(=O)c2cc([N+](=O)[O-])ccc2N)C(CN)C1.Cl. The second kappa shape index (κ2) is 8.09. The number of nitro groups is 1. The first-order valence-electron chi connectivity index (χ1n) is 7.05. The molecule has 0 saturated carbocycles. The molecule has 128 valence electrons. The fraction of sp³-hybridized carbons (Fsp3) is 0.500. The number of benzene rings is 1. The van der Waals surface area contributed by atoms with E-state index < -0.39 is 4.92 Å². The van der Waals surface area contributed by atoms with Crippen LogP contribution in [0, 0.1) is 10.1 Å². The van der Waals surface area contributed by atoms with Gasteiger partial charge in [-0.05, 0) is 18.9 Å². The van der Waals surface area contributed by atoms with E-state index in [-0.39, 0.29) is 47.4 Å². The van der Waals surface area contributed by atoms with Crippen molar-refractivity contribution in [3.63, 3.8) is 0 Å². The second-order valence-electron chi connectivity index (χ2n) is 5.30. The third-order valence-corrected chi connectivity index (χ3v) is 4.01. The van der Waals surface area contributed by atoms with Crippen molar-refractivity contribution in [2.75, 3.05) is 25.9 Å². The average Bonchev–Trinajstić information content (AvgIpc) is 2.53. The highest BCUT2D eigenvalue weighted by Crippen LogP contribution is 2.25. The monoisotopic (exact) mass is 344 g/mol.